The van der Waals surface area contributed by atoms with Gasteiger partial charge in [0.25, 0.3) is 0 Å². The summed E-state index contributed by atoms with van der Waals surface area (Å²) < 4.78 is 0. The third-order valence-corrected chi connectivity index (χ3v) is 2.59. The first-order chi connectivity index (χ1) is 5.59. The van der Waals surface area contributed by atoms with Gasteiger partial charge in [-0.1, -0.05) is 13.8 Å². The number of hydrogen-bond donors (Lipinski definition) is 2. The van der Waals surface area contributed by atoms with E-state index >= 15 is 0 Å². The number of nitrogens with two attached hydrogens (primary N) is 2. The van der Waals surface area contributed by atoms with Crippen LogP contribution in [0.25, 0.3) is 0 Å². The lowest BCUT2D eigenvalue weighted by Gasteiger charge is -2.13. The zero-order valence-corrected chi connectivity index (χ0v) is 8.27. The van der Waals surface area contributed by atoms with Crippen molar-refractivity contribution in [2.75, 3.05) is 5.73 Å². The second-order valence-corrected chi connectivity index (χ2v) is 4.18. The summed E-state index contributed by atoms with van der Waals surface area (Å²) in [5, 5.41) is 2.60. The molecule has 3 nitrogen and oxygen atoms in total. The highest BCUT2D eigenvalue weighted by Crippen LogP contribution is 2.14. The molecule has 0 saturated heterocycles. The van der Waals surface area contributed by atoms with Crippen molar-refractivity contribution in [3.05, 3.63) is 11.1 Å². The molecule has 0 spiro atoms. The molecule has 1 aromatic heterocycles. The van der Waals surface area contributed by atoms with Crippen LogP contribution in [-0.4, -0.2) is 11.0 Å². The molecular weight excluding hydrogens is 170 g/mol. The Kier molecular flexibility index (Phi) is 3.05. The Labute approximate surface area is 76.8 Å². The van der Waals surface area contributed by atoms with Gasteiger partial charge in [0.1, 0.15) is 0 Å². The molecule has 1 unspecified atom stereocenters. The van der Waals surface area contributed by atoms with E-state index in [1.807, 2.05) is 5.38 Å². The molecule has 0 aliphatic carbocycles. The highest BCUT2D eigenvalue weighted by atomic mass is 32.1. The van der Waals surface area contributed by atoms with E-state index in [0.29, 0.717) is 11.0 Å². The minimum absolute atomic E-state index is 0.187. The minimum Gasteiger partial charge on any atom is -0.375 e. The van der Waals surface area contributed by atoms with Crippen molar-refractivity contribution in [3.8, 4) is 0 Å². The second-order valence-electron chi connectivity index (χ2n) is 3.29. The van der Waals surface area contributed by atoms with Crippen LogP contribution in [0.1, 0.15) is 19.5 Å². The SMILES string of the molecule is CC(C)C(N)Cc1csc(N)n1. The van der Waals surface area contributed by atoms with E-state index in [1.54, 1.807) is 0 Å². The third kappa shape index (κ3) is 2.46. The molecule has 0 aromatic carbocycles. The normalized spacial score (nSPS) is 13.7. The molecular formula is C8H15N3S. The van der Waals surface area contributed by atoms with Crippen molar-refractivity contribution in [2.24, 2.45) is 11.7 Å². The summed E-state index contributed by atoms with van der Waals surface area (Å²) in [7, 11) is 0. The molecule has 4 heteroatoms. The lowest BCUT2D eigenvalue weighted by molar-refractivity contribution is 0.487. The first-order valence-electron chi connectivity index (χ1n) is 4.05. The summed E-state index contributed by atoms with van der Waals surface area (Å²) in [5.41, 5.74) is 12.4. The van der Waals surface area contributed by atoms with Gasteiger partial charge in [-0.15, -0.1) is 11.3 Å². The zero-order valence-electron chi connectivity index (χ0n) is 7.45. The van der Waals surface area contributed by atoms with Gasteiger partial charge < -0.3 is 11.5 Å². The molecule has 1 rings (SSSR count). The zero-order chi connectivity index (χ0) is 9.14. The molecule has 0 saturated carbocycles. The highest BCUT2D eigenvalue weighted by molar-refractivity contribution is 7.13. The van der Waals surface area contributed by atoms with Crippen molar-refractivity contribution in [3.63, 3.8) is 0 Å². The van der Waals surface area contributed by atoms with Gasteiger partial charge in [-0.3, -0.25) is 0 Å². The van der Waals surface area contributed by atoms with E-state index in [-0.39, 0.29) is 6.04 Å². The quantitative estimate of drug-likeness (QED) is 0.745. The molecule has 0 fully saturated rings. The van der Waals surface area contributed by atoms with Gasteiger partial charge in [-0.25, -0.2) is 4.98 Å². The van der Waals surface area contributed by atoms with E-state index in [0.717, 1.165) is 12.1 Å². The molecule has 4 N–H and O–H groups in total. The topological polar surface area (TPSA) is 64.9 Å². The average Bonchev–Trinajstić information content (AvgIpc) is 2.35. The van der Waals surface area contributed by atoms with Gasteiger partial charge >= 0.3 is 0 Å². The van der Waals surface area contributed by atoms with Gasteiger partial charge in [0, 0.05) is 17.8 Å². The van der Waals surface area contributed by atoms with Crippen LogP contribution in [-0.2, 0) is 6.42 Å². The summed E-state index contributed by atoms with van der Waals surface area (Å²) in [6.45, 7) is 4.22. The predicted molar refractivity (Wildman–Crippen MR) is 53.0 cm³/mol. The first-order valence-corrected chi connectivity index (χ1v) is 4.93. The number of anilines is 1. The molecule has 1 aromatic rings. The van der Waals surface area contributed by atoms with E-state index in [4.69, 9.17) is 11.5 Å². The fraction of sp³-hybridized carbons (Fsp3) is 0.625. The van der Waals surface area contributed by atoms with Gasteiger partial charge in [0.2, 0.25) is 0 Å². The molecule has 0 bridgehead atoms. The van der Waals surface area contributed by atoms with Crippen molar-refractivity contribution >= 4 is 16.5 Å². The molecule has 0 radical (unpaired) electrons. The van der Waals surface area contributed by atoms with E-state index < -0.39 is 0 Å². The average molecular weight is 185 g/mol. The maximum absolute atomic E-state index is 5.88. The van der Waals surface area contributed by atoms with Crippen LogP contribution in [0.15, 0.2) is 5.38 Å². The first kappa shape index (κ1) is 9.48. The predicted octanol–water partition coefficient (Wildman–Crippen LogP) is 1.25. The van der Waals surface area contributed by atoms with E-state index in [2.05, 4.69) is 18.8 Å². The molecule has 0 amide bonds. The van der Waals surface area contributed by atoms with Crippen LogP contribution in [0.3, 0.4) is 0 Å². The van der Waals surface area contributed by atoms with Crippen molar-refractivity contribution in [1.29, 1.82) is 0 Å². The second kappa shape index (κ2) is 3.87. The minimum atomic E-state index is 0.187. The van der Waals surface area contributed by atoms with Gasteiger partial charge in [0.15, 0.2) is 5.13 Å². The number of thiazole rings is 1. The maximum Gasteiger partial charge on any atom is 0.180 e. The molecule has 12 heavy (non-hydrogen) atoms. The fourth-order valence-electron chi connectivity index (χ4n) is 0.894. The third-order valence-electron chi connectivity index (χ3n) is 1.87. The van der Waals surface area contributed by atoms with E-state index in [1.165, 1.54) is 11.3 Å². The summed E-state index contributed by atoms with van der Waals surface area (Å²) >= 11 is 1.47. The lowest BCUT2D eigenvalue weighted by Crippen LogP contribution is -2.28. The smallest absolute Gasteiger partial charge is 0.180 e. The van der Waals surface area contributed by atoms with Crippen LogP contribution < -0.4 is 11.5 Å². The standard InChI is InChI=1S/C8H15N3S/c1-5(2)7(9)3-6-4-12-8(10)11-6/h4-5,7H,3,9H2,1-2H3,(H2,10,11). The van der Waals surface area contributed by atoms with Gasteiger partial charge in [-0.2, -0.15) is 0 Å². The Morgan fingerprint density at radius 1 is 1.58 bits per heavy atom. The van der Waals surface area contributed by atoms with Gasteiger partial charge in [0.05, 0.1) is 5.69 Å². The monoisotopic (exact) mass is 185 g/mol. The van der Waals surface area contributed by atoms with Crippen LogP contribution in [0.4, 0.5) is 5.13 Å². The molecule has 1 heterocycles. The number of hydrogen-bond acceptors (Lipinski definition) is 4. The summed E-state index contributed by atoms with van der Waals surface area (Å²) in [5.74, 6) is 0.493. The largest absolute Gasteiger partial charge is 0.375 e. The number of aromatic nitrogens is 1. The van der Waals surface area contributed by atoms with Crippen LogP contribution >= 0.6 is 11.3 Å². The highest BCUT2D eigenvalue weighted by Gasteiger charge is 2.09. The molecule has 68 valence electrons. The Balaban J connectivity index is 2.52. The van der Waals surface area contributed by atoms with Crippen molar-refractivity contribution < 1.29 is 0 Å². The molecule has 0 aliphatic heterocycles. The Morgan fingerprint density at radius 2 is 2.25 bits per heavy atom. The number of rotatable bonds is 3. The Morgan fingerprint density at radius 3 is 2.67 bits per heavy atom. The Hall–Kier alpha value is -0.610. The van der Waals surface area contributed by atoms with Gasteiger partial charge in [-0.05, 0) is 5.92 Å². The lowest BCUT2D eigenvalue weighted by atomic mass is 10.0. The summed E-state index contributed by atoms with van der Waals surface area (Å²) in [6.07, 6.45) is 0.825. The Bertz CT molecular complexity index is 244. The van der Waals surface area contributed by atoms with Crippen LogP contribution in [0, 0.1) is 5.92 Å². The van der Waals surface area contributed by atoms with Crippen molar-refractivity contribution in [1.82, 2.24) is 4.98 Å². The summed E-state index contributed by atoms with van der Waals surface area (Å²) in [6, 6.07) is 0.187. The van der Waals surface area contributed by atoms with Crippen LogP contribution in [0.5, 0.6) is 0 Å². The van der Waals surface area contributed by atoms with E-state index in [9.17, 15) is 0 Å². The number of nitrogens with zero attached hydrogens (tertiary/aromatic N) is 1. The molecule has 1 atom stereocenters. The van der Waals surface area contributed by atoms with Crippen LogP contribution in [0.2, 0.25) is 0 Å². The maximum atomic E-state index is 5.88. The fourth-order valence-corrected chi connectivity index (χ4v) is 1.47. The van der Waals surface area contributed by atoms with Crippen molar-refractivity contribution in [2.45, 2.75) is 26.3 Å². The molecule has 0 aliphatic rings. The summed E-state index contributed by atoms with van der Waals surface area (Å²) in [4.78, 5) is 4.15. The number of nitrogen functional groups attached to an aromatic ring is 1.